The summed E-state index contributed by atoms with van der Waals surface area (Å²) in [6, 6.07) is 0. The van der Waals surface area contributed by atoms with E-state index in [0.29, 0.717) is 10.7 Å². The number of nitrogens with two attached hydrogens (primary N) is 1. The number of anilines is 2. The molecule has 5 nitrogen and oxygen atoms in total. The van der Waals surface area contributed by atoms with E-state index in [-0.39, 0.29) is 0 Å². The van der Waals surface area contributed by atoms with Gasteiger partial charge in [0.25, 0.3) is 0 Å². The van der Waals surface area contributed by atoms with Gasteiger partial charge >= 0.3 is 0 Å². The van der Waals surface area contributed by atoms with Gasteiger partial charge in [-0.25, -0.2) is 10.8 Å². The van der Waals surface area contributed by atoms with Gasteiger partial charge in [-0.2, -0.15) is 16.7 Å². The number of thioether (sulfide) groups is 1. The summed E-state index contributed by atoms with van der Waals surface area (Å²) < 4.78 is 1.25. The van der Waals surface area contributed by atoms with E-state index in [2.05, 4.69) is 42.9 Å². The van der Waals surface area contributed by atoms with Crippen molar-refractivity contribution in [2.75, 3.05) is 23.5 Å². The summed E-state index contributed by atoms with van der Waals surface area (Å²) in [6.45, 7) is 0.924. The molecule has 0 aliphatic heterocycles. The first-order chi connectivity index (χ1) is 7.69. The van der Waals surface area contributed by atoms with Crippen LogP contribution in [0.4, 0.5) is 11.8 Å². The lowest BCUT2D eigenvalue weighted by atomic mass is 10.4. The largest absolute Gasteiger partial charge is 0.368 e. The van der Waals surface area contributed by atoms with Crippen LogP contribution in [0.25, 0.3) is 0 Å². The molecule has 1 aliphatic carbocycles. The minimum atomic E-state index is 0.403. The predicted octanol–water partition coefficient (Wildman–Crippen LogP) is 1.83. The fourth-order valence-corrected chi connectivity index (χ4v) is 2.46. The molecule has 0 radical (unpaired) electrons. The van der Waals surface area contributed by atoms with Crippen LogP contribution in [0.5, 0.6) is 0 Å². The maximum Gasteiger partial charge on any atom is 0.239 e. The SMILES string of the molecule is CSC1(CNc2nc(NN)ncc2Br)CC1. The van der Waals surface area contributed by atoms with Gasteiger partial charge in [-0.15, -0.1) is 0 Å². The molecule has 88 valence electrons. The quantitative estimate of drug-likeness (QED) is 0.569. The summed E-state index contributed by atoms with van der Waals surface area (Å²) in [6.07, 6.45) is 6.37. The summed E-state index contributed by atoms with van der Waals surface area (Å²) >= 11 is 5.32. The van der Waals surface area contributed by atoms with E-state index in [1.165, 1.54) is 12.8 Å². The molecular formula is C9H14BrN5S. The van der Waals surface area contributed by atoms with E-state index in [4.69, 9.17) is 5.84 Å². The first kappa shape index (κ1) is 11.9. The van der Waals surface area contributed by atoms with Gasteiger partial charge in [-0.1, -0.05) is 0 Å². The Kier molecular flexibility index (Phi) is 3.56. The van der Waals surface area contributed by atoms with Crippen LogP contribution >= 0.6 is 27.7 Å². The molecular weight excluding hydrogens is 290 g/mol. The molecule has 1 aromatic heterocycles. The summed E-state index contributed by atoms with van der Waals surface area (Å²) in [5.74, 6) is 6.46. The van der Waals surface area contributed by atoms with Gasteiger partial charge in [0.05, 0.1) is 4.47 Å². The van der Waals surface area contributed by atoms with Crippen molar-refractivity contribution in [1.29, 1.82) is 0 Å². The van der Waals surface area contributed by atoms with Crippen LogP contribution < -0.4 is 16.6 Å². The minimum absolute atomic E-state index is 0.403. The third kappa shape index (κ3) is 2.58. The molecule has 1 heterocycles. The van der Waals surface area contributed by atoms with Crippen LogP contribution in [0.3, 0.4) is 0 Å². The zero-order chi connectivity index (χ0) is 11.6. The van der Waals surface area contributed by atoms with Crippen molar-refractivity contribution in [3.05, 3.63) is 10.7 Å². The van der Waals surface area contributed by atoms with Crippen molar-refractivity contribution in [3.8, 4) is 0 Å². The van der Waals surface area contributed by atoms with Crippen LogP contribution in [-0.4, -0.2) is 27.5 Å². The van der Waals surface area contributed by atoms with Gasteiger partial charge in [-0.05, 0) is 35.0 Å². The van der Waals surface area contributed by atoms with Crippen LogP contribution in [0.1, 0.15) is 12.8 Å². The lowest BCUT2D eigenvalue weighted by Gasteiger charge is -2.14. The first-order valence-electron chi connectivity index (χ1n) is 4.97. The predicted molar refractivity (Wildman–Crippen MR) is 71.5 cm³/mol. The molecule has 0 amide bonds. The second-order valence-electron chi connectivity index (χ2n) is 3.78. The molecule has 0 unspecified atom stereocenters. The Hall–Kier alpha value is -0.530. The molecule has 0 bridgehead atoms. The second-order valence-corrected chi connectivity index (χ2v) is 5.90. The number of hydrazine groups is 1. The van der Waals surface area contributed by atoms with E-state index in [9.17, 15) is 0 Å². The normalized spacial score (nSPS) is 16.9. The molecule has 1 saturated carbocycles. The lowest BCUT2D eigenvalue weighted by Crippen LogP contribution is -2.19. The van der Waals surface area contributed by atoms with E-state index in [0.717, 1.165) is 16.8 Å². The number of hydrogen-bond donors (Lipinski definition) is 3. The Balaban J connectivity index is 2.03. The average Bonchev–Trinajstić information content (AvgIpc) is 3.09. The van der Waals surface area contributed by atoms with Crippen molar-refractivity contribution in [2.45, 2.75) is 17.6 Å². The maximum atomic E-state index is 5.27. The molecule has 1 aliphatic rings. The molecule has 4 N–H and O–H groups in total. The number of aromatic nitrogens is 2. The maximum absolute atomic E-state index is 5.27. The number of nitrogens with zero attached hydrogens (tertiary/aromatic N) is 2. The van der Waals surface area contributed by atoms with Crippen molar-refractivity contribution < 1.29 is 0 Å². The summed E-state index contributed by atoms with van der Waals surface area (Å²) in [5, 5.41) is 3.33. The smallest absolute Gasteiger partial charge is 0.239 e. The van der Waals surface area contributed by atoms with Crippen molar-refractivity contribution in [2.24, 2.45) is 5.84 Å². The standard InChI is InChI=1S/C9H14BrN5S/c1-16-9(2-3-9)5-13-7-6(10)4-12-8(14-7)15-11/h4H,2-3,5,11H2,1H3,(H2,12,13,14,15). The molecule has 16 heavy (non-hydrogen) atoms. The van der Waals surface area contributed by atoms with Crippen molar-refractivity contribution in [1.82, 2.24) is 9.97 Å². The van der Waals surface area contributed by atoms with Gasteiger partial charge < -0.3 is 5.32 Å². The molecule has 0 spiro atoms. The van der Waals surface area contributed by atoms with Gasteiger partial charge in [0, 0.05) is 17.5 Å². The van der Waals surface area contributed by atoms with Gasteiger partial charge in [0.2, 0.25) is 5.95 Å². The third-order valence-electron chi connectivity index (χ3n) is 2.69. The van der Waals surface area contributed by atoms with E-state index >= 15 is 0 Å². The number of nitrogen functional groups attached to an aromatic ring is 1. The molecule has 1 aromatic rings. The Morgan fingerprint density at radius 1 is 1.62 bits per heavy atom. The first-order valence-corrected chi connectivity index (χ1v) is 6.99. The highest BCUT2D eigenvalue weighted by molar-refractivity contribution is 9.10. The number of rotatable bonds is 5. The topological polar surface area (TPSA) is 75.9 Å². The summed E-state index contributed by atoms with van der Waals surface area (Å²) in [7, 11) is 0. The molecule has 7 heteroatoms. The van der Waals surface area contributed by atoms with Crippen LogP contribution in [0, 0.1) is 0 Å². The summed E-state index contributed by atoms with van der Waals surface area (Å²) in [4.78, 5) is 8.24. The summed E-state index contributed by atoms with van der Waals surface area (Å²) in [5.41, 5.74) is 2.43. The molecule has 0 aromatic carbocycles. The fraction of sp³-hybridized carbons (Fsp3) is 0.556. The minimum Gasteiger partial charge on any atom is -0.368 e. The molecule has 2 rings (SSSR count). The van der Waals surface area contributed by atoms with Gasteiger partial charge in [0.1, 0.15) is 5.82 Å². The highest BCUT2D eigenvalue weighted by Crippen LogP contribution is 2.47. The zero-order valence-corrected chi connectivity index (χ0v) is 11.4. The van der Waals surface area contributed by atoms with E-state index in [1.54, 1.807) is 6.20 Å². The van der Waals surface area contributed by atoms with E-state index < -0.39 is 0 Å². The lowest BCUT2D eigenvalue weighted by molar-refractivity contribution is 0.934. The third-order valence-corrected chi connectivity index (χ3v) is 4.69. The second kappa shape index (κ2) is 4.77. The number of nitrogens with one attached hydrogen (secondary N) is 2. The Labute approximate surface area is 107 Å². The molecule has 1 fully saturated rings. The van der Waals surface area contributed by atoms with Crippen LogP contribution in [0.2, 0.25) is 0 Å². The zero-order valence-electron chi connectivity index (χ0n) is 8.96. The molecule has 0 atom stereocenters. The van der Waals surface area contributed by atoms with Gasteiger partial charge in [0.15, 0.2) is 0 Å². The van der Waals surface area contributed by atoms with Crippen molar-refractivity contribution in [3.63, 3.8) is 0 Å². The van der Waals surface area contributed by atoms with Crippen LogP contribution in [-0.2, 0) is 0 Å². The van der Waals surface area contributed by atoms with Crippen LogP contribution in [0.15, 0.2) is 10.7 Å². The highest BCUT2D eigenvalue weighted by Gasteiger charge is 2.41. The fourth-order valence-electron chi connectivity index (χ4n) is 1.40. The number of hydrogen-bond acceptors (Lipinski definition) is 6. The monoisotopic (exact) mass is 303 g/mol. The Morgan fingerprint density at radius 3 is 2.94 bits per heavy atom. The Morgan fingerprint density at radius 2 is 2.38 bits per heavy atom. The highest BCUT2D eigenvalue weighted by atomic mass is 79.9. The average molecular weight is 304 g/mol. The van der Waals surface area contributed by atoms with E-state index in [1.807, 2.05) is 11.8 Å². The van der Waals surface area contributed by atoms with Crippen molar-refractivity contribution >= 4 is 39.5 Å². The molecule has 0 saturated heterocycles. The Bertz CT molecular complexity index is 382. The van der Waals surface area contributed by atoms with Gasteiger partial charge in [-0.3, -0.25) is 5.43 Å². The number of halogens is 1.